The lowest BCUT2D eigenvalue weighted by Crippen LogP contribution is -1.62. The topological polar surface area (TPSA) is 0 Å². The summed E-state index contributed by atoms with van der Waals surface area (Å²) in [5.74, 6) is 0. The molecular weight excluding hydrogens is 132 g/mol. The lowest BCUT2D eigenvalue weighted by atomic mass is 10.2. The van der Waals surface area contributed by atoms with Crippen LogP contribution in [0.2, 0.25) is 0 Å². The fraction of sp³-hybridized carbons (Fsp3) is 0.273. The van der Waals surface area contributed by atoms with E-state index in [0.717, 1.165) is 0 Å². The maximum absolute atomic E-state index is 2.08. The Hall–Kier alpha value is -1.04. The number of hydrogen-bond acceptors (Lipinski definition) is 0. The highest BCUT2D eigenvalue weighted by Crippen LogP contribution is 1.92. The molecule has 0 unspecified atom stereocenters. The predicted molar refractivity (Wildman–Crippen MR) is 51.7 cm³/mol. The van der Waals surface area contributed by atoms with Crippen molar-refractivity contribution in [2.24, 2.45) is 0 Å². The largest absolute Gasteiger partial charge is 0.0919 e. The Morgan fingerprint density at radius 3 is 1.55 bits per heavy atom. The van der Waals surface area contributed by atoms with Gasteiger partial charge in [-0.25, -0.2) is 0 Å². The van der Waals surface area contributed by atoms with E-state index in [1.165, 1.54) is 5.56 Å². The quantitative estimate of drug-likeness (QED) is 0.493. The summed E-state index contributed by atoms with van der Waals surface area (Å²) in [7, 11) is 0. The van der Waals surface area contributed by atoms with Gasteiger partial charge in [0.1, 0.15) is 0 Å². The summed E-state index contributed by atoms with van der Waals surface area (Å²) in [6, 6.07) is 10.3. The molecule has 0 aliphatic heterocycles. The van der Waals surface area contributed by atoms with Gasteiger partial charge >= 0.3 is 0 Å². The van der Waals surface area contributed by atoms with Gasteiger partial charge in [-0.3, -0.25) is 0 Å². The third-order valence-corrected chi connectivity index (χ3v) is 1.27. The Kier molecular flexibility index (Phi) is 6.40. The van der Waals surface area contributed by atoms with Crippen LogP contribution in [-0.2, 0) is 0 Å². The average molecular weight is 148 g/mol. The van der Waals surface area contributed by atoms with Crippen LogP contribution in [0.3, 0.4) is 0 Å². The van der Waals surface area contributed by atoms with E-state index in [1.807, 2.05) is 44.2 Å². The van der Waals surface area contributed by atoms with Crippen molar-refractivity contribution in [3.63, 3.8) is 0 Å². The third-order valence-electron chi connectivity index (χ3n) is 1.27. The molecule has 0 heterocycles. The second-order valence-corrected chi connectivity index (χ2v) is 2.32. The molecule has 0 aliphatic rings. The van der Waals surface area contributed by atoms with Crippen LogP contribution in [0.1, 0.15) is 19.4 Å². The Balaban J connectivity index is 0.000000218. The van der Waals surface area contributed by atoms with Gasteiger partial charge in [-0.15, -0.1) is 0 Å². The van der Waals surface area contributed by atoms with Crippen molar-refractivity contribution >= 4 is 0 Å². The van der Waals surface area contributed by atoms with Crippen molar-refractivity contribution in [2.45, 2.75) is 20.8 Å². The zero-order valence-corrected chi connectivity index (χ0v) is 7.54. The van der Waals surface area contributed by atoms with Crippen molar-refractivity contribution in [3.8, 4) is 0 Å². The van der Waals surface area contributed by atoms with E-state index in [9.17, 15) is 0 Å². The predicted octanol–water partition coefficient (Wildman–Crippen LogP) is 3.58. The molecule has 0 fully saturated rings. The van der Waals surface area contributed by atoms with E-state index in [4.69, 9.17) is 0 Å². The van der Waals surface area contributed by atoms with Gasteiger partial charge in [-0.1, -0.05) is 48.0 Å². The molecule has 0 N–H and O–H groups in total. The normalized spacial score (nSPS) is 9.00. The van der Waals surface area contributed by atoms with E-state index >= 15 is 0 Å². The van der Waals surface area contributed by atoms with Crippen molar-refractivity contribution in [1.29, 1.82) is 0 Å². The summed E-state index contributed by atoms with van der Waals surface area (Å²) >= 11 is 0. The second kappa shape index (κ2) is 7.07. The number of allylic oxidation sites excluding steroid dienone is 2. The molecular formula is C11H16. The summed E-state index contributed by atoms with van der Waals surface area (Å²) in [6.07, 6.45) is 4.00. The molecule has 0 amide bonds. The lowest BCUT2D eigenvalue weighted by molar-refractivity contribution is 1.48. The first-order valence-corrected chi connectivity index (χ1v) is 3.90. The molecule has 0 aliphatic carbocycles. The minimum Gasteiger partial charge on any atom is -0.0919 e. The molecule has 1 rings (SSSR count). The first kappa shape index (κ1) is 9.96. The number of rotatable bonds is 0. The van der Waals surface area contributed by atoms with E-state index in [1.54, 1.807) is 0 Å². The Bertz CT molecular complexity index is 180. The molecule has 0 aromatic heterocycles. The maximum Gasteiger partial charge on any atom is -0.0398 e. The number of aryl methyl sites for hydroxylation is 1. The summed E-state index contributed by atoms with van der Waals surface area (Å²) in [5.41, 5.74) is 1.32. The minimum atomic E-state index is 1.32. The second-order valence-electron chi connectivity index (χ2n) is 2.32. The van der Waals surface area contributed by atoms with Crippen molar-refractivity contribution < 1.29 is 0 Å². The molecule has 1 aromatic carbocycles. The third kappa shape index (κ3) is 6.85. The smallest absolute Gasteiger partial charge is 0.0398 e. The summed E-state index contributed by atoms with van der Waals surface area (Å²) in [6.45, 7) is 6.08. The van der Waals surface area contributed by atoms with Gasteiger partial charge in [0.25, 0.3) is 0 Å². The van der Waals surface area contributed by atoms with Gasteiger partial charge in [0.15, 0.2) is 0 Å². The number of benzene rings is 1. The highest BCUT2D eigenvalue weighted by atomic mass is 13.8. The highest BCUT2D eigenvalue weighted by Gasteiger charge is 1.72. The van der Waals surface area contributed by atoms with Gasteiger partial charge in [0.2, 0.25) is 0 Å². The monoisotopic (exact) mass is 148 g/mol. The molecule has 1 aromatic rings. The van der Waals surface area contributed by atoms with Crippen LogP contribution in [0.5, 0.6) is 0 Å². The summed E-state index contributed by atoms with van der Waals surface area (Å²) in [4.78, 5) is 0. The van der Waals surface area contributed by atoms with E-state index < -0.39 is 0 Å². The number of hydrogen-bond donors (Lipinski definition) is 0. The average Bonchev–Trinajstić information content (AvgIpc) is 2.07. The van der Waals surface area contributed by atoms with E-state index in [2.05, 4.69) is 19.1 Å². The zero-order valence-electron chi connectivity index (χ0n) is 7.54. The standard InChI is InChI=1S/C7H8.C4H8/c1-7-5-3-2-4-6-7;1-3-4-2/h2-6H,1H3;3-4H,1-2H3/b;4-3+. The Morgan fingerprint density at radius 2 is 1.36 bits per heavy atom. The molecule has 0 radical (unpaired) electrons. The van der Waals surface area contributed by atoms with Gasteiger partial charge in [0, 0.05) is 0 Å². The first-order chi connectivity index (χ1) is 5.31. The van der Waals surface area contributed by atoms with Gasteiger partial charge in [-0.05, 0) is 20.8 Å². The van der Waals surface area contributed by atoms with Gasteiger partial charge < -0.3 is 0 Å². The first-order valence-electron chi connectivity index (χ1n) is 3.90. The fourth-order valence-electron chi connectivity index (χ4n) is 0.534. The van der Waals surface area contributed by atoms with Crippen LogP contribution in [0.4, 0.5) is 0 Å². The van der Waals surface area contributed by atoms with E-state index in [-0.39, 0.29) is 0 Å². The van der Waals surface area contributed by atoms with Crippen molar-refractivity contribution in [1.82, 2.24) is 0 Å². The van der Waals surface area contributed by atoms with Crippen LogP contribution in [0, 0.1) is 6.92 Å². The zero-order chi connectivity index (χ0) is 8.53. The molecule has 0 saturated heterocycles. The fourth-order valence-corrected chi connectivity index (χ4v) is 0.534. The molecule has 0 spiro atoms. The molecule has 0 saturated carbocycles. The SMILES string of the molecule is C/C=C/C.Cc1ccccc1. The Morgan fingerprint density at radius 1 is 0.909 bits per heavy atom. The summed E-state index contributed by atoms with van der Waals surface area (Å²) < 4.78 is 0. The minimum absolute atomic E-state index is 1.32. The molecule has 0 atom stereocenters. The van der Waals surface area contributed by atoms with Gasteiger partial charge in [-0.2, -0.15) is 0 Å². The van der Waals surface area contributed by atoms with Crippen LogP contribution >= 0.6 is 0 Å². The molecule has 11 heavy (non-hydrogen) atoms. The molecule has 0 nitrogen and oxygen atoms in total. The van der Waals surface area contributed by atoms with E-state index in [0.29, 0.717) is 0 Å². The molecule has 60 valence electrons. The van der Waals surface area contributed by atoms with Gasteiger partial charge in [0.05, 0.1) is 0 Å². The molecule has 0 bridgehead atoms. The van der Waals surface area contributed by atoms with Crippen LogP contribution in [0.15, 0.2) is 42.5 Å². The maximum atomic E-state index is 2.08. The van der Waals surface area contributed by atoms with Crippen LogP contribution in [0.25, 0.3) is 0 Å². The Labute approximate surface area is 69.6 Å². The van der Waals surface area contributed by atoms with Crippen LogP contribution < -0.4 is 0 Å². The summed E-state index contributed by atoms with van der Waals surface area (Å²) in [5, 5.41) is 0. The highest BCUT2D eigenvalue weighted by molar-refractivity contribution is 5.11. The molecule has 0 heteroatoms. The van der Waals surface area contributed by atoms with Crippen molar-refractivity contribution in [2.75, 3.05) is 0 Å². The lowest BCUT2D eigenvalue weighted by Gasteiger charge is -1.82. The van der Waals surface area contributed by atoms with Crippen molar-refractivity contribution in [3.05, 3.63) is 48.0 Å². The van der Waals surface area contributed by atoms with Crippen LogP contribution in [-0.4, -0.2) is 0 Å².